The Morgan fingerprint density at radius 2 is 2.37 bits per heavy atom. The second-order valence-electron chi connectivity index (χ2n) is 4.23. The van der Waals surface area contributed by atoms with Crippen molar-refractivity contribution >= 4 is 38.9 Å². The first-order chi connectivity index (χ1) is 9.11. The first-order valence-corrected chi connectivity index (χ1v) is 7.74. The van der Waals surface area contributed by atoms with Crippen LogP contribution >= 0.6 is 27.3 Å². The fourth-order valence-corrected chi connectivity index (χ4v) is 3.28. The standard InChI is InChI=1S/C13H16BrN3OS/c1-2-4-17-8-9(15)6-11(17)13(18)16-7-12-10(14)3-5-19-12/h3,5-6,8H,2,4,7,15H2,1H3,(H,16,18). The number of rotatable bonds is 5. The summed E-state index contributed by atoms with van der Waals surface area (Å²) in [4.78, 5) is 13.3. The van der Waals surface area contributed by atoms with E-state index in [2.05, 4.69) is 28.2 Å². The summed E-state index contributed by atoms with van der Waals surface area (Å²) >= 11 is 5.06. The van der Waals surface area contributed by atoms with Gasteiger partial charge in [-0.3, -0.25) is 4.79 Å². The maximum absolute atomic E-state index is 12.2. The van der Waals surface area contributed by atoms with Crippen molar-refractivity contribution in [2.24, 2.45) is 0 Å². The number of hydrogen-bond donors (Lipinski definition) is 2. The highest BCUT2D eigenvalue weighted by atomic mass is 79.9. The van der Waals surface area contributed by atoms with Crippen LogP contribution in [0.3, 0.4) is 0 Å². The molecule has 2 heterocycles. The summed E-state index contributed by atoms with van der Waals surface area (Å²) < 4.78 is 2.93. The molecule has 102 valence electrons. The van der Waals surface area contributed by atoms with E-state index in [9.17, 15) is 4.79 Å². The van der Waals surface area contributed by atoms with Gasteiger partial charge in [0.25, 0.3) is 5.91 Å². The van der Waals surface area contributed by atoms with Crippen molar-refractivity contribution in [2.45, 2.75) is 26.4 Å². The minimum atomic E-state index is -0.0922. The van der Waals surface area contributed by atoms with E-state index < -0.39 is 0 Å². The number of hydrogen-bond acceptors (Lipinski definition) is 3. The van der Waals surface area contributed by atoms with Crippen molar-refractivity contribution in [2.75, 3.05) is 5.73 Å². The van der Waals surface area contributed by atoms with E-state index in [1.807, 2.05) is 16.0 Å². The van der Waals surface area contributed by atoms with Gasteiger partial charge in [-0.05, 0) is 39.9 Å². The monoisotopic (exact) mass is 341 g/mol. The molecule has 0 aliphatic carbocycles. The molecule has 0 saturated carbocycles. The smallest absolute Gasteiger partial charge is 0.268 e. The molecule has 0 bridgehead atoms. The molecular weight excluding hydrogens is 326 g/mol. The van der Waals surface area contributed by atoms with Crippen LogP contribution in [0.5, 0.6) is 0 Å². The number of nitrogens with zero attached hydrogens (tertiary/aromatic N) is 1. The fraction of sp³-hybridized carbons (Fsp3) is 0.308. The van der Waals surface area contributed by atoms with E-state index in [1.54, 1.807) is 23.6 Å². The first-order valence-electron chi connectivity index (χ1n) is 6.07. The number of carbonyl (C=O) groups excluding carboxylic acids is 1. The summed E-state index contributed by atoms with van der Waals surface area (Å²) in [5, 5.41) is 4.91. The molecule has 3 N–H and O–H groups in total. The van der Waals surface area contributed by atoms with Crippen LogP contribution in [0.4, 0.5) is 5.69 Å². The fourth-order valence-electron chi connectivity index (χ4n) is 1.85. The second kappa shape index (κ2) is 6.25. The molecule has 0 aromatic carbocycles. The minimum Gasteiger partial charge on any atom is -0.397 e. The first kappa shape index (κ1) is 14.1. The number of carbonyl (C=O) groups is 1. The highest BCUT2D eigenvalue weighted by Gasteiger charge is 2.13. The zero-order valence-corrected chi connectivity index (χ0v) is 13.1. The van der Waals surface area contributed by atoms with Gasteiger partial charge in [-0.1, -0.05) is 6.92 Å². The Morgan fingerprint density at radius 3 is 3.00 bits per heavy atom. The van der Waals surface area contributed by atoms with Crippen molar-refractivity contribution in [3.8, 4) is 0 Å². The lowest BCUT2D eigenvalue weighted by molar-refractivity contribution is 0.0942. The molecule has 19 heavy (non-hydrogen) atoms. The van der Waals surface area contributed by atoms with Crippen molar-refractivity contribution in [1.29, 1.82) is 0 Å². The van der Waals surface area contributed by atoms with Gasteiger partial charge in [-0.25, -0.2) is 0 Å². The quantitative estimate of drug-likeness (QED) is 0.876. The molecule has 0 fully saturated rings. The summed E-state index contributed by atoms with van der Waals surface area (Å²) in [5.74, 6) is -0.0922. The summed E-state index contributed by atoms with van der Waals surface area (Å²) in [6, 6.07) is 3.69. The molecule has 1 amide bonds. The predicted octanol–water partition coefficient (Wildman–Crippen LogP) is 3.23. The lowest BCUT2D eigenvalue weighted by atomic mass is 10.3. The van der Waals surface area contributed by atoms with Gasteiger partial charge >= 0.3 is 0 Å². The second-order valence-corrected chi connectivity index (χ2v) is 6.08. The minimum absolute atomic E-state index is 0.0922. The Balaban J connectivity index is 2.05. The third-order valence-corrected chi connectivity index (χ3v) is 4.64. The van der Waals surface area contributed by atoms with Crippen molar-refractivity contribution in [3.63, 3.8) is 0 Å². The van der Waals surface area contributed by atoms with Crippen LogP contribution in [0, 0.1) is 0 Å². The number of thiophene rings is 1. The van der Waals surface area contributed by atoms with Gasteiger partial charge in [-0.15, -0.1) is 11.3 Å². The summed E-state index contributed by atoms with van der Waals surface area (Å²) in [5.41, 5.74) is 6.99. The Labute approximate surface area is 124 Å². The van der Waals surface area contributed by atoms with E-state index in [1.165, 1.54) is 0 Å². The Hall–Kier alpha value is -1.27. The highest BCUT2D eigenvalue weighted by Crippen LogP contribution is 2.22. The third-order valence-electron chi connectivity index (χ3n) is 2.72. The van der Waals surface area contributed by atoms with Crippen LogP contribution < -0.4 is 11.1 Å². The highest BCUT2D eigenvalue weighted by molar-refractivity contribution is 9.10. The van der Waals surface area contributed by atoms with E-state index in [0.29, 0.717) is 17.9 Å². The number of amides is 1. The molecule has 0 aliphatic heterocycles. The summed E-state index contributed by atoms with van der Waals surface area (Å²) in [6.45, 7) is 3.39. The van der Waals surface area contributed by atoms with Crippen LogP contribution in [-0.2, 0) is 13.1 Å². The normalized spacial score (nSPS) is 10.6. The number of nitrogen functional groups attached to an aromatic ring is 1. The van der Waals surface area contributed by atoms with Crippen molar-refractivity contribution in [3.05, 3.63) is 38.8 Å². The number of nitrogens with two attached hydrogens (primary N) is 1. The third kappa shape index (κ3) is 3.39. The van der Waals surface area contributed by atoms with Gasteiger partial charge in [0.05, 0.1) is 12.2 Å². The van der Waals surface area contributed by atoms with Crippen molar-refractivity contribution in [1.82, 2.24) is 9.88 Å². The van der Waals surface area contributed by atoms with Gasteiger partial charge in [0.15, 0.2) is 0 Å². The SMILES string of the molecule is CCCn1cc(N)cc1C(=O)NCc1sccc1Br. The molecule has 4 nitrogen and oxygen atoms in total. The zero-order chi connectivity index (χ0) is 13.8. The number of anilines is 1. The van der Waals surface area contributed by atoms with Crippen LogP contribution in [-0.4, -0.2) is 10.5 Å². The summed E-state index contributed by atoms with van der Waals surface area (Å²) in [7, 11) is 0. The van der Waals surface area contributed by atoms with E-state index in [0.717, 1.165) is 22.3 Å². The maximum atomic E-state index is 12.2. The molecule has 2 rings (SSSR count). The molecule has 0 saturated heterocycles. The molecular formula is C13H16BrN3OS. The number of aryl methyl sites for hydroxylation is 1. The van der Waals surface area contributed by atoms with Gasteiger partial charge in [0, 0.05) is 22.1 Å². The Kier molecular flexibility index (Phi) is 4.66. The molecule has 6 heteroatoms. The Bertz CT molecular complexity index is 576. The number of aromatic nitrogens is 1. The molecule has 0 radical (unpaired) electrons. The van der Waals surface area contributed by atoms with Crippen LogP contribution in [0.15, 0.2) is 28.2 Å². The predicted molar refractivity (Wildman–Crippen MR) is 82.3 cm³/mol. The van der Waals surface area contributed by atoms with E-state index in [4.69, 9.17) is 5.73 Å². The van der Waals surface area contributed by atoms with Gasteiger partial charge in [0.2, 0.25) is 0 Å². The van der Waals surface area contributed by atoms with E-state index in [-0.39, 0.29) is 5.91 Å². The lowest BCUT2D eigenvalue weighted by Gasteiger charge is -2.08. The Morgan fingerprint density at radius 1 is 1.58 bits per heavy atom. The average Bonchev–Trinajstić information content (AvgIpc) is 2.93. The van der Waals surface area contributed by atoms with Gasteiger partial charge in [0.1, 0.15) is 5.69 Å². The molecule has 0 aliphatic rings. The molecule has 0 spiro atoms. The van der Waals surface area contributed by atoms with Crippen LogP contribution in [0.2, 0.25) is 0 Å². The lowest BCUT2D eigenvalue weighted by Crippen LogP contribution is -2.25. The van der Waals surface area contributed by atoms with Gasteiger partial charge in [-0.2, -0.15) is 0 Å². The number of nitrogens with one attached hydrogen (secondary N) is 1. The van der Waals surface area contributed by atoms with Crippen LogP contribution in [0.25, 0.3) is 0 Å². The largest absolute Gasteiger partial charge is 0.397 e. The molecule has 2 aromatic rings. The molecule has 2 aromatic heterocycles. The molecule has 0 unspecified atom stereocenters. The number of halogens is 1. The summed E-state index contributed by atoms with van der Waals surface area (Å²) in [6.07, 6.45) is 2.77. The van der Waals surface area contributed by atoms with Crippen molar-refractivity contribution < 1.29 is 4.79 Å². The average molecular weight is 342 g/mol. The molecule has 0 atom stereocenters. The maximum Gasteiger partial charge on any atom is 0.268 e. The zero-order valence-electron chi connectivity index (χ0n) is 10.6. The van der Waals surface area contributed by atoms with Gasteiger partial charge < -0.3 is 15.6 Å². The topological polar surface area (TPSA) is 60.0 Å². The van der Waals surface area contributed by atoms with Crippen LogP contribution in [0.1, 0.15) is 28.7 Å². The van der Waals surface area contributed by atoms with E-state index >= 15 is 0 Å².